The van der Waals surface area contributed by atoms with E-state index in [-0.39, 0.29) is 6.04 Å². The van der Waals surface area contributed by atoms with Gasteiger partial charge in [0.1, 0.15) is 0 Å². The molecule has 2 rings (SSSR count). The molecular formula is C13H17ClN4. The molecule has 96 valence electrons. The molecule has 0 aliphatic heterocycles. The second-order valence-electron chi connectivity index (χ2n) is 4.44. The maximum absolute atomic E-state index is 6.16. The Kier molecular flexibility index (Phi) is 3.99. The monoisotopic (exact) mass is 264 g/mol. The van der Waals surface area contributed by atoms with Crippen molar-refractivity contribution in [3.63, 3.8) is 0 Å². The van der Waals surface area contributed by atoms with Gasteiger partial charge in [-0.25, -0.2) is 4.68 Å². The Morgan fingerprint density at radius 2 is 2.22 bits per heavy atom. The molecule has 18 heavy (non-hydrogen) atoms. The molecule has 0 amide bonds. The van der Waals surface area contributed by atoms with Crippen molar-refractivity contribution in [3.05, 3.63) is 40.7 Å². The van der Waals surface area contributed by atoms with E-state index in [2.05, 4.69) is 17.2 Å². The highest BCUT2D eigenvalue weighted by atomic mass is 35.5. The normalized spacial score (nSPS) is 12.7. The van der Waals surface area contributed by atoms with Crippen LogP contribution in [-0.2, 0) is 0 Å². The quantitative estimate of drug-likeness (QED) is 0.923. The van der Waals surface area contributed by atoms with Crippen LogP contribution in [0.25, 0.3) is 5.69 Å². The lowest BCUT2D eigenvalue weighted by atomic mass is 10.1. The minimum Gasteiger partial charge on any atom is -0.323 e. The molecule has 0 aliphatic carbocycles. The van der Waals surface area contributed by atoms with Crippen LogP contribution in [0.1, 0.15) is 37.1 Å². The zero-order valence-electron chi connectivity index (χ0n) is 10.6. The van der Waals surface area contributed by atoms with Crippen LogP contribution in [0.5, 0.6) is 0 Å². The van der Waals surface area contributed by atoms with E-state index in [0.29, 0.717) is 5.02 Å². The standard InChI is InChI=1S/C13H17ClN4/c1-3-4-11(15)12-8-18(17-16-12)13-7-9(2)5-6-10(13)14/h5-8,11H,3-4,15H2,1-2H3. The number of aryl methyl sites for hydroxylation is 1. The zero-order chi connectivity index (χ0) is 13.1. The summed E-state index contributed by atoms with van der Waals surface area (Å²) in [5.74, 6) is 0. The van der Waals surface area contributed by atoms with E-state index in [1.54, 1.807) is 4.68 Å². The van der Waals surface area contributed by atoms with Gasteiger partial charge in [0.25, 0.3) is 0 Å². The van der Waals surface area contributed by atoms with Gasteiger partial charge in [-0.1, -0.05) is 36.2 Å². The molecule has 2 aromatic rings. The number of nitrogens with two attached hydrogens (primary N) is 1. The van der Waals surface area contributed by atoms with Crippen molar-refractivity contribution in [1.82, 2.24) is 15.0 Å². The third-order valence-corrected chi connectivity index (χ3v) is 3.16. The van der Waals surface area contributed by atoms with E-state index in [1.165, 1.54) is 0 Å². The highest BCUT2D eigenvalue weighted by Gasteiger charge is 2.11. The summed E-state index contributed by atoms with van der Waals surface area (Å²) in [5, 5.41) is 8.86. The van der Waals surface area contributed by atoms with Crippen molar-refractivity contribution in [1.29, 1.82) is 0 Å². The number of rotatable bonds is 4. The molecule has 1 atom stereocenters. The van der Waals surface area contributed by atoms with Gasteiger partial charge in [0.15, 0.2) is 0 Å². The molecule has 0 fully saturated rings. The number of benzene rings is 1. The maximum Gasteiger partial charge on any atom is 0.0998 e. The van der Waals surface area contributed by atoms with Gasteiger partial charge in [-0.15, -0.1) is 5.10 Å². The summed E-state index contributed by atoms with van der Waals surface area (Å²) in [4.78, 5) is 0. The average molecular weight is 265 g/mol. The van der Waals surface area contributed by atoms with E-state index < -0.39 is 0 Å². The van der Waals surface area contributed by atoms with Crippen LogP contribution in [0.4, 0.5) is 0 Å². The summed E-state index contributed by atoms with van der Waals surface area (Å²) < 4.78 is 1.68. The number of aromatic nitrogens is 3. The molecule has 0 bridgehead atoms. The Balaban J connectivity index is 2.32. The molecule has 0 radical (unpaired) electrons. The first-order valence-corrected chi connectivity index (χ1v) is 6.44. The molecular weight excluding hydrogens is 248 g/mol. The predicted molar refractivity (Wildman–Crippen MR) is 72.9 cm³/mol. The molecule has 2 N–H and O–H groups in total. The van der Waals surface area contributed by atoms with Gasteiger partial charge in [0, 0.05) is 0 Å². The maximum atomic E-state index is 6.16. The third kappa shape index (κ3) is 2.71. The molecule has 0 aliphatic rings. The highest BCUT2D eigenvalue weighted by molar-refractivity contribution is 6.32. The number of hydrogen-bond donors (Lipinski definition) is 1. The Labute approximate surface area is 112 Å². The van der Waals surface area contributed by atoms with Crippen molar-refractivity contribution >= 4 is 11.6 Å². The minimum absolute atomic E-state index is 0.0627. The van der Waals surface area contributed by atoms with Crippen LogP contribution < -0.4 is 5.73 Å². The van der Waals surface area contributed by atoms with Crippen molar-refractivity contribution in [2.75, 3.05) is 0 Å². The molecule has 5 heteroatoms. The van der Waals surface area contributed by atoms with Crippen molar-refractivity contribution in [2.45, 2.75) is 32.7 Å². The van der Waals surface area contributed by atoms with E-state index in [1.807, 2.05) is 31.3 Å². The van der Waals surface area contributed by atoms with E-state index >= 15 is 0 Å². The van der Waals surface area contributed by atoms with Crippen molar-refractivity contribution < 1.29 is 0 Å². The number of halogens is 1. The minimum atomic E-state index is -0.0627. The first-order chi connectivity index (χ1) is 8.61. The lowest BCUT2D eigenvalue weighted by Gasteiger charge is -2.05. The SMILES string of the molecule is CCCC(N)c1cn(-c2cc(C)ccc2Cl)nn1. The zero-order valence-corrected chi connectivity index (χ0v) is 11.4. The molecule has 0 saturated heterocycles. The van der Waals surface area contributed by atoms with Gasteiger partial charge >= 0.3 is 0 Å². The lowest BCUT2D eigenvalue weighted by molar-refractivity contribution is 0.619. The number of hydrogen-bond acceptors (Lipinski definition) is 3. The summed E-state index contributed by atoms with van der Waals surface area (Å²) in [6.45, 7) is 4.11. The van der Waals surface area contributed by atoms with Crippen LogP contribution in [0.3, 0.4) is 0 Å². The van der Waals surface area contributed by atoms with E-state index in [9.17, 15) is 0 Å². The Hall–Kier alpha value is -1.39. The van der Waals surface area contributed by atoms with Gasteiger partial charge in [-0.2, -0.15) is 0 Å². The molecule has 0 saturated carbocycles. The molecule has 1 unspecified atom stereocenters. The summed E-state index contributed by atoms with van der Waals surface area (Å²) in [5.41, 5.74) is 8.78. The topological polar surface area (TPSA) is 56.7 Å². The Morgan fingerprint density at radius 1 is 1.44 bits per heavy atom. The summed E-state index contributed by atoms with van der Waals surface area (Å²) >= 11 is 6.16. The summed E-state index contributed by atoms with van der Waals surface area (Å²) in [6.07, 6.45) is 3.78. The van der Waals surface area contributed by atoms with Crippen LogP contribution >= 0.6 is 11.6 Å². The molecule has 4 nitrogen and oxygen atoms in total. The van der Waals surface area contributed by atoms with Crippen LogP contribution in [-0.4, -0.2) is 15.0 Å². The fourth-order valence-electron chi connectivity index (χ4n) is 1.82. The van der Waals surface area contributed by atoms with Crippen molar-refractivity contribution in [3.8, 4) is 5.69 Å². The lowest BCUT2D eigenvalue weighted by Crippen LogP contribution is -2.10. The molecule has 1 aromatic heterocycles. The third-order valence-electron chi connectivity index (χ3n) is 2.84. The average Bonchev–Trinajstić information content (AvgIpc) is 2.82. The smallest absolute Gasteiger partial charge is 0.0998 e. The van der Waals surface area contributed by atoms with E-state index in [0.717, 1.165) is 29.8 Å². The second kappa shape index (κ2) is 5.50. The fraction of sp³-hybridized carbons (Fsp3) is 0.385. The molecule has 1 heterocycles. The highest BCUT2D eigenvalue weighted by Crippen LogP contribution is 2.22. The van der Waals surface area contributed by atoms with Crippen LogP contribution in [0, 0.1) is 6.92 Å². The first-order valence-electron chi connectivity index (χ1n) is 6.06. The van der Waals surface area contributed by atoms with Gasteiger partial charge in [0.05, 0.1) is 28.6 Å². The van der Waals surface area contributed by atoms with E-state index in [4.69, 9.17) is 17.3 Å². The van der Waals surface area contributed by atoms with Crippen molar-refractivity contribution in [2.24, 2.45) is 5.73 Å². The van der Waals surface area contributed by atoms with Gasteiger partial charge in [-0.3, -0.25) is 0 Å². The largest absolute Gasteiger partial charge is 0.323 e. The van der Waals surface area contributed by atoms with Gasteiger partial charge in [0.2, 0.25) is 0 Å². The van der Waals surface area contributed by atoms with Crippen LogP contribution in [0.15, 0.2) is 24.4 Å². The van der Waals surface area contributed by atoms with Gasteiger partial charge in [-0.05, 0) is 31.0 Å². The van der Waals surface area contributed by atoms with Gasteiger partial charge < -0.3 is 5.73 Å². The Morgan fingerprint density at radius 3 is 2.94 bits per heavy atom. The molecule has 0 spiro atoms. The second-order valence-corrected chi connectivity index (χ2v) is 4.85. The molecule has 1 aromatic carbocycles. The first kappa shape index (κ1) is 13.1. The predicted octanol–water partition coefficient (Wildman–Crippen LogP) is 3.03. The summed E-state index contributed by atoms with van der Waals surface area (Å²) in [7, 11) is 0. The Bertz CT molecular complexity index is 536. The fourth-order valence-corrected chi connectivity index (χ4v) is 2.03. The number of nitrogens with zero attached hydrogens (tertiary/aromatic N) is 3. The van der Waals surface area contributed by atoms with Crippen LogP contribution in [0.2, 0.25) is 5.02 Å². The summed E-state index contributed by atoms with van der Waals surface area (Å²) in [6, 6.07) is 5.74.